The van der Waals surface area contributed by atoms with E-state index in [9.17, 15) is 32.0 Å². The van der Waals surface area contributed by atoms with Gasteiger partial charge in [-0.05, 0) is 92.6 Å². The molecule has 0 atom stereocenters. The zero-order valence-electron chi connectivity index (χ0n) is 23.3. The van der Waals surface area contributed by atoms with Crippen molar-refractivity contribution in [1.82, 2.24) is 14.5 Å². The predicted molar refractivity (Wildman–Crippen MR) is 151 cm³/mol. The molecule has 10 nitrogen and oxygen atoms in total. The Hall–Kier alpha value is -3.68. The van der Waals surface area contributed by atoms with E-state index in [1.54, 1.807) is 17.0 Å². The van der Waals surface area contributed by atoms with Crippen LogP contribution in [-0.2, 0) is 14.8 Å². The van der Waals surface area contributed by atoms with Gasteiger partial charge in [-0.25, -0.2) is 12.8 Å². The van der Waals surface area contributed by atoms with Crippen LogP contribution in [0.15, 0.2) is 40.7 Å². The number of amides is 2. The number of nitrogens with one attached hydrogen (secondary N) is 1. The van der Waals surface area contributed by atoms with E-state index in [0.29, 0.717) is 37.1 Å². The van der Waals surface area contributed by atoms with Crippen molar-refractivity contribution in [2.45, 2.75) is 51.2 Å². The van der Waals surface area contributed by atoms with Crippen molar-refractivity contribution < 1.29 is 37.0 Å². The monoisotopic (exact) mass is 602 g/mol. The third-order valence-electron chi connectivity index (χ3n) is 8.18. The summed E-state index contributed by atoms with van der Waals surface area (Å²) in [4.78, 5) is 35.6. The van der Waals surface area contributed by atoms with Crippen LogP contribution in [-0.4, -0.2) is 78.2 Å². The fourth-order valence-electron chi connectivity index (χ4n) is 5.67. The third kappa shape index (κ3) is 5.81. The Morgan fingerprint density at radius 1 is 1.12 bits per heavy atom. The first-order valence-corrected chi connectivity index (χ1v) is 15.2. The molecule has 13 heteroatoms. The Morgan fingerprint density at radius 2 is 1.76 bits per heavy atom. The summed E-state index contributed by atoms with van der Waals surface area (Å²) >= 11 is 0. The molecule has 2 aromatic rings. The minimum Gasteiger partial charge on any atom is -0.393 e. The molecule has 2 fully saturated rings. The molecule has 3 heterocycles. The fourth-order valence-corrected chi connectivity index (χ4v) is 6.84. The molecular weight excluding hydrogens is 570 g/mol. The Morgan fingerprint density at radius 3 is 2.38 bits per heavy atom. The molecule has 0 saturated carbocycles. The first-order chi connectivity index (χ1) is 19.9. The van der Waals surface area contributed by atoms with Crippen molar-refractivity contribution >= 4 is 33.7 Å². The van der Waals surface area contributed by atoms with Crippen LogP contribution in [0, 0.1) is 19.7 Å². The SMILES string of the molecule is Cc1cc(C(=O)N2CCC(O)CC2)cc(C)c1/C=C/S(=O)(=O)N1CCC2(CC1)N=C(c1ccc(F)c(OF)c1)NC2=O. The van der Waals surface area contributed by atoms with Crippen molar-refractivity contribution in [3.05, 3.63) is 69.4 Å². The molecule has 2 N–H and O–H groups in total. The van der Waals surface area contributed by atoms with E-state index in [2.05, 4.69) is 15.3 Å². The number of hydrogen-bond acceptors (Lipinski definition) is 7. The summed E-state index contributed by atoms with van der Waals surface area (Å²) in [6.45, 7) is 4.72. The molecule has 2 saturated heterocycles. The van der Waals surface area contributed by atoms with Gasteiger partial charge < -0.3 is 15.3 Å². The molecule has 1 spiro atoms. The molecule has 2 aromatic carbocycles. The van der Waals surface area contributed by atoms with E-state index < -0.39 is 33.0 Å². The van der Waals surface area contributed by atoms with Crippen LogP contribution < -0.4 is 10.3 Å². The van der Waals surface area contributed by atoms with Gasteiger partial charge in [-0.2, -0.15) is 4.31 Å². The molecule has 2 amide bonds. The van der Waals surface area contributed by atoms with Gasteiger partial charge >= 0.3 is 0 Å². The number of aliphatic hydroxyl groups is 1. The molecule has 0 unspecified atom stereocenters. The van der Waals surface area contributed by atoms with Crippen molar-refractivity contribution in [2.24, 2.45) is 4.99 Å². The van der Waals surface area contributed by atoms with E-state index in [4.69, 9.17) is 0 Å². The van der Waals surface area contributed by atoms with E-state index in [-0.39, 0.29) is 49.3 Å². The van der Waals surface area contributed by atoms with Crippen LogP contribution in [0.5, 0.6) is 5.75 Å². The molecule has 0 bridgehead atoms. The summed E-state index contributed by atoms with van der Waals surface area (Å²) in [5.41, 5.74) is 1.81. The minimum absolute atomic E-state index is 0.0507. The van der Waals surface area contributed by atoms with Gasteiger partial charge in [0.25, 0.3) is 11.8 Å². The highest BCUT2D eigenvalue weighted by atomic mass is 32.2. The number of piperidine rings is 2. The van der Waals surface area contributed by atoms with Crippen molar-refractivity contribution in [1.29, 1.82) is 0 Å². The zero-order chi connectivity index (χ0) is 30.2. The van der Waals surface area contributed by atoms with Crippen molar-refractivity contribution in [3.8, 4) is 5.75 Å². The van der Waals surface area contributed by atoms with Gasteiger partial charge in [0.2, 0.25) is 15.8 Å². The van der Waals surface area contributed by atoms with E-state index in [0.717, 1.165) is 28.7 Å². The molecule has 3 aliphatic rings. The standard InChI is InChI=1S/C29H32F2N4O6S/c1-18-15-21(27(37)34-10-5-22(36)6-11-34)16-19(2)23(18)7-14-42(39,40)35-12-8-29(9-13-35)28(38)32-26(33-29)20-3-4-24(30)25(17-20)41-31/h3-4,7,14-17,22,36H,5-6,8-13H2,1-2H3,(H,32,33,38)/b14-7+. The number of nitrogens with zero attached hydrogens (tertiary/aromatic N) is 3. The lowest BCUT2D eigenvalue weighted by molar-refractivity contribution is -0.124. The highest BCUT2D eigenvalue weighted by Gasteiger charge is 2.47. The normalized spacial score (nSPS) is 19.8. The lowest BCUT2D eigenvalue weighted by atomic mass is 9.89. The topological polar surface area (TPSA) is 129 Å². The molecule has 42 heavy (non-hydrogen) atoms. The minimum atomic E-state index is -3.83. The molecule has 5 rings (SSSR count). The first-order valence-electron chi connectivity index (χ1n) is 13.7. The van der Waals surface area contributed by atoms with Crippen molar-refractivity contribution in [2.75, 3.05) is 26.2 Å². The quantitative estimate of drug-likeness (QED) is 0.523. The summed E-state index contributed by atoms with van der Waals surface area (Å²) in [6.07, 6.45) is 2.49. The van der Waals surface area contributed by atoms with E-state index >= 15 is 0 Å². The van der Waals surface area contributed by atoms with Crippen molar-refractivity contribution in [3.63, 3.8) is 0 Å². The number of hydrogen-bond donors (Lipinski definition) is 2. The highest BCUT2D eigenvalue weighted by Crippen LogP contribution is 2.33. The van der Waals surface area contributed by atoms with Crippen LogP contribution in [0.3, 0.4) is 0 Å². The van der Waals surface area contributed by atoms with Crippen LogP contribution >= 0.6 is 0 Å². The number of amidine groups is 1. The maximum absolute atomic E-state index is 13.6. The predicted octanol–water partition coefficient (Wildman–Crippen LogP) is 3.01. The van der Waals surface area contributed by atoms with Crippen LogP contribution in [0.2, 0.25) is 0 Å². The van der Waals surface area contributed by atoms with Gasteiger partial charge in [-0.3, -0.25) is 19.5 Å². The average molecular weight is 603 g/mol. The van der Waals surface area contributed by atoms with Crippen LogP contribution in [0.25, 0.3) is 6.08 Å². The van der Waals surface area contributed by atoms with Gasteiger partial charge in [0.15, 0.2) is 5.82 Å². The second-order valence-electron chi connectivity index (χ2n) is 11.0. The Bertz CT molecular complexity index is 1550. The largest absolute Gasteiger partial charge is 0.393 e. The molecule has 224 valence electrons. The fraction of sp³-hybridized carbons (Fsp3) is 0.414. The number of aryl methyl sites for hydroxylation is 2. The molecular formula is C29H32F2N4O6S. The summed E-state index contributed by atoms with van der Waals surface area (Å²) in [6, 6.07) is 6.92. The number of sulfonamides is 1. The maximum Gasteiger partial charge on any atom is 0.253 e. The Balaban J connectivity index is 1.27. The summed E-state index contributed by atoms with van der Waals surface area (Å²) in [5.74, 6) is -1.91. The van der Waals surface area contributed by atoms with Crippen LogP contribution in [0.4, 0.5) is 8.92 Å². The summed E-state index contributed by atoms with van der Waals surface area (Å²) < 4.78 is 53.9. The van der Waals surface area contributed by atoms with Gasteiger partial charge in [-0.1, -0.05) is 0 Å². The number of likely N-dealkylation sites (tertiary alicyclic amines) is 1. The number of rotatable bonds is 6. The second kappa shape index (κ2) is 11.5. The van der Waals surface area contributed by atoms with Gasteiger partial charge in [0.1, 0.15) is 11.4 Å². The van der Waals surface area contributed by atoms with Gasteiger partial charge in [-0.15, -0.1) is 0 Å². The van der Waals surface area contributed by atoms with Gasteiger partial charge in [0.05, 0.1) is 6.10 Å². The average Bonchev–Trinajstić information content (AvgIpc) is 3.27. The molecule has 3 aliphatic heterocycles. The second-order valence-corrected chi connectivity index (χ2v) is 12.8. The number of aliphatic hydroxyl groups excluding tert-OH is 1. The number of aliphatic imine (C=N–C) groups is 1. The Kier molecular flexibility index (Phi) is 8.19. The van der Waals surface area contributed by atoms with E-state index in [1.807, 2.05) is 13.8 Å². The number of carbonyl (C=O) groups is 2. The van der Waals surface area contributed by atoms with Crippen LogP contribution in [0.1, 0.15) is 58.3 Å². The number of halogens is 2. The summed E-state index contributed by atoms with van der Waals surface area (Å²) in [5, 5.41) is 13.5. The first kappa shape index (κ1) is 29.8. The Labute approximate surface area is 242 Å². The summed E-state index contributed by atoms with van der Waals surface area (Å²) in [7, 11) is -3.83. The zero-order valence-corrected chi connectivity index (χ0v) is 24.1. The lowest BCUT2D eigenvalue weighted by Crippen LogP contribution is -2.50. The third-order valence-corrected chi connectivity index (χ3v) is 9.74. The van der Waals surface area contributed by atoms with Gasteiger partial charge in [0, 0.05) is 47.2 Å². The highest BCUT2D eigenvalue weighted by molar-refractivity contribution is 7.92. The molecule has 0 radical (unpaired) electrons. The number of benzene rings is 2. The van der Waals surface area contributed by atoms with E-state index in [1.165, 1.54) is 16.4 Å². The molecule has 0 aromatic heterocycles. The number of carbonyl (C=O) groups excluding carboxylic acids is 2. The maximum atomic E-state index is 13.6. The molecule has 0 aliphatic carbocycles. The lowest BCUT2D eigenvalue weighted by Gasteiger charge is -2.34. The smallest absolute Gasteiger partial charge is 0.253 e.